The minimum Gasteiger partial charge on any atom is -0.547 e. The lowest BCUT2D eigenvalue weighted by atomic mass is 10.1. The average molecular weight is 467 g/mol. The number of morpholine rings is 1. The molecule has 1 aromatic heterocycles. The van der Waals surface area contributed by atoms with Gasteiger partial charge in [0.15, 0.2) is 0 Å². The number of carboxylic acid groups (broad SMARTS) is 1. The van der Waals surface area contributed by atoms with Gasteiger partial charge in [-0.15, -0.1) is 0 Å². The molecule has 2 aromatic carbocycles. The van der Waals surface area contributed by atoms with E-state index in [-0.39, 0.29) is 18.6 Å². The van der Waals surface area contributed by atoms with Crippen molar-refractivity contribution >= 4 is 22.8 Å². The van der Waals surface area contributed by atoms with Crippen LogP contribution in [0.15, 0.2) is 53.3 Å². The van der Waals surface area contributed by atoms with Gasteiger partial charge < -0.3 is 29.0 Å². The Bertz CT molecular complexity index is 1170. The fraction of sp³-hybridized carbons (Fsp3) is 0.400. The van der Waals surface area contributed by atoms with Crippen LogP contribution in [-0.4, -0.2) is 61.1 Å². The number of hydrogen-bond donors (Lipinski definition) is 0. The summed E-state index contributed by atoms with van der Waals surface area (Å²) in [6, 6.07) is 14.5. The Hall–Kier alpha value is -3.43. The van der Waals surface area contributed by atoms with Crippen molar-refractivity contribution in [2.45, 2.75) is 26.0 Å². The average Bonchev–Trinajstić information content (AvgIpc) is 2.86. The third-order valence-corrected chi connectivity index (χ3v) is 5.69. The number of carbonyl (C=O) groups is 1. The van der Waals surface area contributed by atoms with E-state index in [1.54, 1.807) is 41.8 Å². The van der Waals surface area contributed by atoms with E-state index in [2.05, 4.69) is 4.90 Å². The minimum atomic E-state index is -1.23. The maximum Gasteiger partial charge on any atom is 0.262 e. The molecule has 9 heteroatoms. The Labute approximate surface area is 197 Å². The summed E-state index contributed by atoms with van der Waals surface area (Å²) in [5, 5.41) is 11.8. The molecule has 0 aliphatic carbocycles. The van der Waals surface area contributed by atoms with Crippen LogP contribution in [0.2, 0.25) is 0 Å². The Morgan fingerprint density at radius 2 is 1.88 bits per heavy atom. The highest BCUT2D eigenvalue weighted by molar-refractivity contribution is 5.78. The van der Waals surface area contributed by atoms with Crippen LogP contribution in [0.1, 0.15) is 12.5 Å². The first-order chi connectivity index (χ1) is 16.6. The number of benzene rings is 2. The van der Waals surface area contributed by atoms with Gasteiger partial charge in [0.2, 0.25) is 5.95 Å². The zero-order chi connectivity index (χ0) is 23.9. The van der Waals surface area contributed by atoms with Gasteiger partial charge in [-0.05, 0) is 36.8 Å². The van der Waals surface area contributed by atoms with Gasteiger partial charge in [0.25, 0.3) is 5.56 Å². The molecule has 3 aromatic rings. The summed E-state index contributed by atoms with van der Waals surface area (Å²) >= 11 is 0. The van der Waals surface area contributed by atoms with E-state index >= 15 is 0 Å². The SMILES string of the molecule is CCO[C@@H](Cc1ccc(OCCn2c(N3CCOCC3)nc3ccccc3c2=O)cc1)C(=O)[O-]. The minimum absolute atomic E-state index is 0.102. The molecule has 0 amide bonds. The lowest BCUT2D eigenvalue weighted by molar-refractivity contribution is -0.316. The van der Waals surface area contributed by atoms with Crippen molar-refractivity contribution in [3.63, 3.8) is 0 Å². The molecule has 34 heavy (non-hydrogen) atoms. The van der Waals surface area contributed by atoms with Crippen molar-refractivity contribution in [1.82, 2.24) is 9.55 Å². The van der Waals surface area contributed by atoms with Gasteiger partial charge in [0.1, 0.15) is 18.5 Å². The quantitative estimate of drug-likeness (QED) is 0.436. The number of fused-ring (bicyclic) bond motifs is 1. The van der Waals surface area contributed by atoms with Crippen molar-refractivity contribution in [2.75, 3.05) is 44.4 Å². The number of nitrogens with zero attached hydrogens (tertiary/aromatic N) is 3. The van der Waals surface area contributed by atoms with E-state index in [0.29, 0.717) is 62.1 Å². The lowest BCUT2D eigenvalue weighted by Gasteiger charge is -2.29. The topological polar surface area (TPSA) is 106 Å². The van der Waals surface area contributed by atoms with Crippen LogP contribution in [0, 0.1) is 0 Å². The molecule has 1 atom stereocenters. The van der Waals surface area contributed by atoms with Crippen LogP contribution in [0.3, 0.4) is 0 Å². The molecule has 0 unspecified atom stereocenters. The largest absolute Gasteiger partial charge is 0.547 e. The van der Waals surface area contributed by atoms with E-state index in [9.17, 15) is 14.7 Å². The van der Waals surface area contributed by atoms with Gasteiger partial charge in [-0.2, -0.15) is 0 Å². The van der Waals surface area contributed by atoms with Crippen LogP contribution in [0.25, 0.3) is 10.9 Å². The van der Waals surface area contributed by atoms with Crippen molar-refractivity contribution in [3.05, 3.63) is 64.4 Å². The van der Waals surface area contributed by atoms with E-state index in [1.165, 1.54) is 0 Å². The van der Waals surface area contributed by atoms with Crippen LogP contribution >= 0.6 is 0 Å². The Morgan fingerprint density at radius 1 is 1.15 bits per heavy atom. The smallest absolute Gasteiger partial charge is 0.262 e. The fourth-order valence-corrected chi connectivity index (χ4v) is 3.96. The zero-order valence-electron chi connectivity index (χ0n) is 19.1. The summed E-state index contributed by atoms with van der Waals surface area (Å²) in [4.78, 5) is 31.3. The summed E-state index contributed by atoms with van der Waals surface area (Å²) in [5.74, 6) is 0.0164. The maximum absolute atomic E-state index is 13.2. The molecule has 0 spiro atoms. The molecule has 1 aliphatic rings. The van der Waals surface area contributed by atoms with Gasteiger partial charge in [0.05, 0.1) is 36.6 Å². The number of carboxylic acids is 1. The summed E-state index contributed by atoms with van der Waals surface area (Å²) in [5.41, 5.74) is 1.37. The van der Waals surface area contributed by atoms with Crippen LogP contribution in [-0.2, 0) is 27.2 Å². The third kappa shape index (κ3) is 5.55. The molecule has 180 valence electrons. The Balaban J connectivity index is 1.46. The number of anilines is 1. The van der Waals surface area contributed by atoms with Crippen molar-refractivity contribution in [2.24, 2.45) is 0 Å². The van der Waals surface area contributed by atoms with Gasteiger partial charge in [0, 0.05) is 26.1 Å². The second-order valence-electron chi connectivity index (χ2n) is 7.94. The molecule has 4 rings (SSSR count). The standard InChI is InChI=1S/C25H29N3O6/c1-2-33-22(24(30)31)17-18-7-9-19(10-8-18)34-16-13-28-23(29)20-5-3-4-6-21(20)26-25(28)27-11-14-32-15-12-27/h3-10,22H,2,11-17H2,1H3,(H,30,31)/p-1/t22-/m0/s1. The lowest BCUT2D eigenvalue weighted by Crippen LogP contribution is -2.41. The molecule has 1 aliphatic heterocycles. The number of carbonyl (C=O) groups excluding carboxylic acids is 1. The fourth-order valence-electron chi connectivity index (χ4n) is 3.96. The summed E-state index contributed by atoms with van der Waals surface area (Å²) < 4.78 is 18.2. The van der Waals surface area contributed by atoms with Crippen LogP contribution in [0.5, 0.6) is 5.75 Å². The molecule has 1 saturated heterocycles. The molecular weight excluding hydrogens is 438 g/mol. The van der Waals surface area contributed by atoms with Gasteiger partial charge >= 0.3 is 0 Å². The molecule has 0 bridgehead atoms. The molecule has 0 saturated carbocycles. The van der Waals surface area contributed by atoms with E-state index in [0.717, 1.165) is 5.56 Å². The second-order valence-corrected chi connectivity index (χ2v) is 7.94. The van der Waals surface area contributed by atoms with E-state index in [4.69, 9.17) is 19.2 Å². The van der Waals surface area contributed by atoms with E-state index in [1.807, 2.05) is 18.2 Å². The van der Waals surface area contributed by atoms with Crippen LogP contribution < -0.4 is 20.3 Å². The molecule has 9 nitrogen and oxygen atoms in total. The molecular formula is C25H28N3O6-. The summed E-state index contributed by atoms with van der Waals surface area (Å²) in [6.45, 7) is 5.17. The molecule has 1 fully saturated rings. The van der Waals surface area contributed by atoms with Crippen molar-refractivity contribution in [3.8, 4) is 5.75 Å². The first-order valence-corrected chi connectivity index (χ1v) is 11.4. The first kappa shape index (κ1) is 23.7. The van der Waals surface area contributed by atoms with E-state index < -0.39 is 12.1 Å². The summed E-state index contributed by atoms with van der Waals surface area (Å²) in [7, 11) is 0. The number of aromatic nitrogens is 2. The zero-order valence-corrected chi connectivity index (χ0v) is 19.1. The van der Waals surface area contributed by atoms with Gasteiger partial charge in [-0.1, -0.05) is 24.3 Å². The monoisotopic (exact) mass is 466 g/mol. The Morgan fingerprint density at radius 3 is 2.59 bits per heavy atom. The first-order valence-electron chi connectivity index (χ1n) is 11.4. The highest BCUT2D eigenvalue weighted by Gasteiger charge is 2.19. The molecule has 0 N–H and O–H groups in total. The number of rotatable bonds is 10. The van der Waals surface area contributed by atoms with Crippen molar-refractivity contribution < 1.29 is 24.1 Å². The highest BCUT2D eigenvalue weighted by atomic mass is 16.5. The molecule has 2 heterocycles. The predicted octanol–water partition coefficient (Wildman–Crippen LogP) is 1.01. The third-order valence-electron chi connectivity index (χ3n) is 5.69. The Kier molecular flexibility index (Phi) is 7.76. The number of para-hydroxylation sites is 1. The maximum atomic E-state index is 13.2. The second kappa shape index (κ2) is 11.1. The summed E-state index contributed by atoms with van der Waals surface area (Å²) in [6.07, 6.45) is -0.764. The highest BCUT2D eigenvalue weighted by Crippen LogP contribution is 2.18. The number of hydrogen-bond acceptors (Lipinski definition) is 8. The predicted molar refractivity (Wildman–Crippen MR) is 125 cm³/mol. The van der Waals surface area contributed by atoms with Gasteiger partial charge in [-0.25, -0.2) is 4.98 Å². The van der Waals surface area contributed by atoms with Crippen LogP contribution in [0.4, 0.5) is 5.95 Å². The molecule has 0 radical (unpaired) electrons. The van der Waals surface area contributed by atoms with Gasteiger partial charge in [-0.3, -0.25) is 9.36 Å². The number of aliphatic carboxylic acids is 1. The normalized spacial score (nSPS) is 14.8. The number of ether oxygens (including phenoxy) is 3. The van der Waals surface area contributed by atoms with Crippen molar-refractivity contribution in [1.29, 1.82) is 0 Å².